The van der Waals surface area contributed by atoms with Crippen LogP contribution in [0.25, 0.3) is 49.7 Å². The summed E-state index contributed by atoms with van der Waals surface area (Å²) in [6, 6.07) is 63.0. The molecule has 0 saturated heterocycles. The van der Waals surface area contributed by atoms with E-state index in [2.05, 4.69) is 204 Å². The van der Waals surface area contributed by atoms with Crippen molar-refractivity contribution in [3.63, 3.8) is 0 Å². The molecule has 0 amide bonds. The first-order valence-electron chi connectivity index (χ1n) is 18.3. The molecule has 1 aromatic heterocycles. The van der Waals surface area contributed by atoms with Crippen molar-refractivity contribution in [1.82, 2.24) is 4.57 Å². The third-order valence-corrected chi connectivity index (χ3v) is 12.0. The maximum Gasteiger partial charge on any atom is 0.0725 e. The Morgan fingerprint density at radius 2 is 1.17 bits per heavy atom. The molecule has 0 fully saturated rings. The quantitative estimate of drug-likeness (QED) is 0.182. The predicted octanol–water partition coefficient (Wildman–Crippen LogP) is 12.6. The third kappa shape index (κ3) is 3.74. The number of aromatic nitrogens is 1. The van der Waals surface area contributed by atoms with Crippen LogP contribution in [-0.4, -0.2) is 10.1 Å². The Morgan fingerprint density at radius 3 is 2.02 bits per heavy atom. The van der Waals surface area contributed by atoms with Gasteiger partial charge in [0.15, 0.2) is 0 Å². The van der Waals surface area contributed by atoms with Gasteiger partial charge in [0.25, 0.3) is 0 Å². The minimum atomic E-state index is -0.495. The SMILES string of the molecule is CC12CC=CC=C1C1(c3ccccc3-c3cccc(-c4ccc5c6ccccc6n(-c6ccccc6)c5c4)c31)c1ccccc1N2c1ccccc1. The second-order valence-corrected chi connectivity index (χ2v) is 14.6. The van der Waals surface area contributed by atoms with Crippen LogP contribution < -0.4 is 4.90 Å². The molecule has 8 aromatic rings. The standard InChI is InChI=1S/C50H36N2/c1-49-32-15-14-29-47(49)50(43-26-11-13-28-45(43)52(49)36-19-6-3-7-20-36)42-25-10-8-21-38(42)41-24-16-23-37(48(41)50)34-30-31-40-39-22-9-12-27-44(39)51(46(40)33-34)35-17-4-2-5-18-35/h2-31,33H,32H2,1H3. The van der Waals surface area contributed by atoms with E-state index in [4.69, 9.17) is 0 Å². The lowest BCUT2D eigenvalue weighted by Crippen LogP contribution is -2.56. The first-order chi connectivity index (χ1) is 25.7. The van der Waals surface area contributed by atoms with Crippen LogP contribution in [0.5, 0.6) is 0 Å². The molecule has 11 rings (SSSR count). The summed E-state index contributed by atoms with van der Waals surface area (Å²) < 4.78 is 2.43. The molecule has 2 heterocycles. The van der Waals surface area contributed by atoms with Gasteiger partial charge < -0.3 is 9.47 Å². The highest BCUT2D eigenvalue weighted by Crippen LogP contribution is 2.67. The number of rotatable bonds is 3. The van der Waals surface area contributed by atoms with Gasteiger partial charge in [-0.1, -0.05) is 146 Å². The summed E-state index contributed by atoms with van der Waals surface area (Å²) in [5.41, 5.74) is 15.9. The van der Waals surface area contributed by atoms with E-state index in [9.17, 15) is 0 Å². The highest BCUT2D eigenvalue weighted by molar-refractivity contribution is 6.10. The van der Waals surface area contributed by atoms with Gasteiger partial charge in [-0.15, -0.1) is 0 Å². The van der Waals surface area contributed by atoms with Gasteiger partial charge in [-0.05, 0) is 100 Å². The van der Waals surface area contributed by atoms with Crippen LogP contribution in [0.3, 0.4) is 0 Å². The molecule has 2 nitrogen and oxygen atoms in total. The topological polar surface area (TPSA) is 8.17 Å². The lowest BCUT2D eigenvalue weighted by atomic mass is 9.56. The predicted molar refractivity (Wildman–Crippen MR) is 217 cm³/mol. The van der Waals surface area contributed by atoms with Gasteiger partial charge in [0.1, 0.15) is 0 Å². The van der Waals surface area contributed by atoms with Crippen molar-refractivity contribution in [2.24, 2.45) is 0 Å². The monoisotopic (exact) mass is 664 g/mol. The molecule has 2 unspecified atom stereocenters. The first-order valence-corrected chi connectivity index (χ1v) is 18.3. The fraction of sp³-hybridized carbons (Fsp3) is 0.0800. The Balaban J connectivity index is 1.26. The second-order valence-electron chi connectivity index (χ2n) is 14.6. The van der Waals surface area contributed by atoms with Gasteiger partial charge in [0.05, 0.1) is 22.0 Å². The van der Waals surface area contributed by atoms with Gasteiger partial charge in [-0.3, -0.25) is 0 Å². The third-order valence-electron chi connectivity index (χ3n) is 12.0. The molecular formula is C50H36N2. The fourth-order valence-corrected chi connectivity index (χ4v) is 10.0. The average Bonchev–Trinajstić information content (AvgIpc) is 3.69. The van der Waals surface area contributed by atoms with E-state index in [0.29, 0.717) is 0 Å². The Hall–Kier alpha value is -6.38. The highest BCUT2D eigenvalue weighted by Gasteiger charge is 2.59. The number of benzene rings is 7. The van der Waals surface area contributed by atoms with E-state index in [-0.39, 0.29) is 5.54 Å². The van der Waals surface area contributed by atoms with Gasteiger partial charge in [0.2, 0.25) is 0 Å². The normalized spacial score (nSPS) is 19.7. The van der Waals surface area contributed by atoms with Crippen molar-refractivity contribution in [2.75, 3.05) is 4.90 Å². The molecule has 0 N–H and O–H groups in total. The Kier molecular flexibility index (Phi) is 6.10. The molecule has 52 heavy (non-hydrogen) atoms. The first kappa shape index (κ1) is 29.4. The molecule has 0 saturated carbocycles. The molecule has 3 aliphatic rings. The van der Waals surface area contributed by atoms with Crippen LogP contribution >= 0.6 is 0 Å². The summed E-state index contributed by atoms with van der Waals surface area (Å²) in [4.78, 5) is 2.61. The molecular weight excluding hydrogens is 629 g/mol. The van der Waals surface area contributed by atoms with E-state index in [0.717, 1.165) is 6.42 Å². The maximum absolute atomic E-state index is 2.61. The zero-order valence-electron chi connectivity index (χ0n) is 29.0. The number of nitrogens with zero attached hydrogens (tertiary/aromatic N) is 2. The Labute approximate surface area is 304 Å². The minimum absolute atomic E-state index is 0.310. The number of para-hydroxylation sites is 4. The van der Waals surface area contributed by atoms with Gasteiger partial charge in [-0.25, -0.2) is 0 Å². The Bertz CT molecular complexity index is 2790. The van der Waals surface area contributed by atoms with Gasteiger partial charge in [0, 0.05) is 27.8 Å². The smallest absolute Gasteiger partial charge is 0.0725 e. The van der Waals surface area contributed by atoms with Gasteiger partial charge >= 0.3 is 0 Å². The summed E-state index contributed by atoms with van der Waals surface area (Å²) in [6.07, 6.45) is 8.00. The average molecular weight is 665 g/mol. The van der Waals surface area contributed by atoms with E-state index in [1.54, 1.807) is 0 Å². The lowest BCUT2D eigenvalue weighted by molar-refractivity contribution is 0.456. The van der Waals surface area contributed by atoms with Crippen molar-refractivity contribution in [1.29, 1.82) is 0 Å². The van der Waals surface area contributed by atoms with Crippen LogP contribution in [0.1, 0.15) is 30.0 Å². The number of fused-ring (bicyclic) bond motifs is 12. The summed E-state index contributed by atoms with van der Waals surface area (Å²) in [7, 11) is 0. The highest BCUT2D eigenvalue weighted by atomic mass is 15.2. The zero-order valence-corrected chi connectivity index (χ0v) is 29.0. The molecule has 2 atom stereocenters. The number of hydrogen-bond donors (Lipinski definition) is 0. The van der Waals surface area contributed by atoms with Crippen LogP contribution in [0.15, 0.2) is 194 Å². The number of allylic oxidation sites excluding steroid dienone is 2. The number of hydrogen-bond acceptors (Lipinski definition) is 1. The molecule has 2 aliphatic carbocycles. The fourth-order valence-electron chi connectivity index (χ4n) is 10.0. The van der Waals surface area contributed by atoms with Crippen molar-refractivity contribution >= 4 is 33.2 Å². The van der Waals surface area contributed by atoms with Crippen LogP contribution in [0.4, 0.5) is 11.4 Å². The van der Waals surface area contributed by atoms with E-state index in [1.807, 2.05) is 0 Å². The van der Waals surface area contributed by atoms with E-state index in [1.165, 1.54) is 83.4 Å². The van der Waals surface area contributed by atoms with E-state index < -0.39 is 5.41 Å². The molecule has 0 bridgehead atoms. The van der Waals surface area contributed by atoms with Crippen LogP contribution in [0, 0.1) is 0 Å². The van der Waals surface area contributed by atoms with Crippen LogP contribution in [-0.2, 0) is 5.41 Å². The molecule has 1 spiro atoms. The molecule has 7 aromatic carbocycles. The summed E-state index contributed by atoms with van der Waals surface area (Å²) in [6.45, 7) is 2.46. The largest absolute Gasteiger partial charge is 0.331 e. The lowest BCUT2D eigenvalue weighted by Gasteiger charge is -2.57. The minimum Gasteiger partial charge on any atom is -0.331 e. The molecule has 0 radical (unpaired) electrons. The van der Waals surface area contributed by atoms with Crippen LogP contribution in [0.2, 0.25) is 0 Å². The van der Waals surface area contributed by atoms with Crippen molar-refractivity contribution in [3.8, 4) is 27.9 Å². The van der Waals surface area contributed by atoms with Crippen molar-refractivity contribution < 1.29 is 0 Å². The summed E-state index contributed by atoms with van der Waals surface area (Å²) >= 11 is 0. The van der Waals surface area contributed by atoms with Crippen molar-refractivity contribution in [2.45, 2.75) is 24.3 Å². The molecule has 1 aliphatic heterocycles. The van der Waals surface area contributed by atoms with E-state index >= 15 is 0 Å². The second kappa shape index (κ2) is 10.8. The van der Waals surface area contributed by atoms with Gasteiger partial charge in [-0.2, -0.15) is 0 Å². The molecule has 246 valence electrons. The Morgan fingerprint density at radius 1 is 0.519 bits per heavy atom. The number of anilines is 2. The summed E-state index contributed by atoms with van der Waals surface area (Å²) in [5.74, 6) is 0. The van der Waals surface area contributed by atoms with Crippen molar-refractivity contribution in [3.05, 3.63) is 210 Å². The summed E-state index contributed by atoms with van der Waals surface area (Å²) in [5, 5.41) is 2.54. The molecule has 2 heteroatoms. The maximum atomic E-state index is 2.61. The zero-order chi connectivity index (χ0) is 34.4.